The highest BCUT2D eigenvalue weighted by molar-refractivity contribution is 8.01. The van der Waals surface area contributed by atoms with Gasteiger partial charge in [0, 0.05) is 29.4 Å². The zero-order chi connectivity index (χ0) is 22.4. The molecule has 172 valence electrons. The molecule has 8 heteroatoms. The smallest absolute Gasteiger partial charge is 0.355 e. The third kappa shape index (κ3) is 7.05. The van der Waals surface area contributed by atoms with Crippen molar-refractivity contribution in [1.82, 2.24) is 4.98 Å². The molecule has 0 spiro atoms. The summed E-state index contributed by atoms with van der Waals surface area (Å²) in [5.41, 5.74) is -0.792. The lowest BCUT2D eigenvalue weighted by atomic mass is 9.80. The lowest BCUT2D eigenvalue weighted by Gasteiger charge is -2.30. The highest BCUT2D eigenvalue weighted by Gasteiger charge is 2.37. The third-order valence-corrected chi connectivity index (χ3v) is 8.60. The van der Waals surface area contributed by atoms with E-state index < -0.39 is 11.6 Å². The molecule has 0 radical (unpaired) electrons. The van der Waals surface area contributed by atoms with Crippen molar-refractivity contribution in [3.63, 3.8) is 0 Å². The molecule has 31 heavy (non-hydrogen) atoms. The number of carboxylic acid groups (broad SMARTS) is 1. The Balaban J connectivity index is 1.51. The van der Waals surface area contributed by atoms with Gasteiger partial charge in [0.1, 0.15) is 5.78 Å². The van der Waals surface area contributed by atoms with Crippen LogP contribution in [0.5, 0.6) is 0 Å². The Labute approximate surface area is 192 Å². The molecule has 3 N–H and O–H groups in total. The van der Waals surface area contributed by atoms with E-state index >= 15 is 0 Å². The number of hydrogen-bond donors (Lipinski definition) is 3. The van der Waals surface area contributed by atoms with Gasteiger partial charge in [0.2, 0.25) is 0 Å². The standard InChI is InChI=1S/C23H33NO5S2/c1-23(29,13-15-5-3-2-4-6-15)11-9-20(26)16-7-8-19(25)17(16)10-12-30-22-24-18(14-31-22)21(27)28/h9,14-17,26,29H,2-8,10-13H2,1H3,(H,27,28)/b20-9+/t16-,17-,23+/m1/s1. The summed E-state index contributed by atoms with van der Waals surface area (Å²) >= 11 is 2.74. The molecule has 0 amide bonds. The highest BCUT2D eigenvalue weighted by atomic mass is 32.2. The second-order valence-corrected chi connectivity index (χ2v) is 11.4. The number of thioether (sulfide) groups is 1. The SMILES string of the molecule is C[C@](O)(C/C=C(/O)[C@@H]1CCC(=O)[C@@H]1CCSc1nc(C(=O)O)cs1)CC1CCCCC1. The highest BCUT2D eigenvalue weighted by Crippen LogP contribution is 2.38. The van der Waals surface area contributed by atoms with Gasteiger partial charge in [-0.3, -0.25) is 4.79 Å². The largest absolute Gasteiger partial charge is 0.512 e. The molecule has 0 unspecified atom stereocenters. The first kappa shape index (κ1) is 24.3. The average molecular weight is 468 g/mol. The summed E-state index contributed by atoms with van der Waals surface area (Å²) in [5, 5.41) is 32.0. The predicted molar refractivity (Wildman–Crippen MR) is 123 cm³/mol. The van der Waals surface area contributed by atoms with E-state index in [4.69, 9.17) is 5.11 Å². The maximum Gasteiger partial charge on any atom is 0.355 e. The summed E-state index contributed by atoms with van der Waals surface area (Å²) in [6.45, 7) is 1.85. The first-order chi connectivity index (χ1) is 14.7. The zero-order valence-electron chi connectivity index (χ0n) is 18.1. The van der Waals surface area contributed by atoms with Gasteiger partial charge >= 0.3 is 5.97 Å². The lowest BCUT2D eigenvalue weighted by Crippen LogP contribution is -2.28. The minimum atomic E-state index is -1.04. The van der Waals surface area contributed by atoms with Gasteiger partial charge < -0.3 is 15.3 Å². The average Bonchev–Trinajstić information content (AvgIpc) is 3.34. The van der Waals surface area contributed by atoms with Gasteiger partial charge in [-0.2, -0.15) is 0 Å². The van der Waals surface area contributed by atoms with E-state index in [2.05, 4.69) is 4.98 Å². The van der Waals surface area contributed by atoms with Crippen LogP contribution in [0.2, 0.25) is 0 Å². The number of allylic oxidation sites excluding steroid dienone is 1. The molecule has 0 aliphatic heterocycles. The number of aliphatic hydroxyl groups excluding tert-OH is 1. The van der Waals surface area contributed by atoms with Crippen molar-refractivity contribution in [2.45, 2.75) is 81.1 Å². The van der Waals surface area contributed by atoms with E-state index in [1.807, 2.05) is 6.92 Å². The van der Waals surface area contributed by atoms with Crippen LogP contribution >= 0.6 is 23.1 Å². The van der Waals surface area contributed by atoms with Gasteiger partial charge in [0.15, 0.2) is 10.0 Å². The summed E-state index contributed by atoms with van der Waals surface area (Å²) in [5.74, 6) is 0.146. The van der Waals surface area contributed by atoms with Crippen molar-refractivity contribution >= 4 is 34.9 Å². The molecule has 2 aliphatic rings. The number of carbonyl (C=O) groups is 2. The van der Waals surface area contributed by atoms with Crippen LogP contribution in [-0.4, -0.2) is 43.4 Å². The number of carboxylic acids is 1. The summed E-state index contributed by atoms with van der Waals surface area (Å²) in [7, 11) is 0. The second-order valence-electron chi connectivity index (χ2n) is 9.20. The molecule has 3 rings (SSSR count). The van der Waals surface area contributed by atoms with E-state index in [0.717, 1.165) is 6.42 Å². The predicted octanol–water partition coefficient (Wildman–Crippen LogP) is 5.47. The van der Waals surface area contributed by atoms with Crippen LogP contribution in [0.3, 0.4) is 0 Å². The zero-order valence-corrected chi connectivity index (χ0v) is 19.7. The molecule has 2 fully saturated rings. The van der Waals surface area contributed by atoms with Crippen molar-refractivity contribution in [2.75, 3.05) is 5.75 Å². The molecule has 1 aromatic rings. The van der Waals surface area contributed by atoms with E-state index in [9.17, 15) is 19.8 Å². The van der Waals surface area contributed by atoms with Crippen molar-refractivity contribution in [3.8, 4) is 0 Å². The number of Topliss-reactive ketones (excluding diaryl/α,β-unsaturated/α-hetero) is 1. The van der Waals surface area contributed by atoms with E-state index in [0.29, 0.717) is 41.7 Å². The second kappa shape index (κ2) is 11.0. The van der Waals surface area contributed by atoms with Crippen molar-refractivity contribution in [2.24, 2.45) is 17.8 Å². The lowest BCUT2D eigenvalue weighted by molar-refractivity contribution is -0.121. The van der Waals surface area contributed by atoms with Gasteiger partial charge in [-0.1, -0.05) is 43.9 Å². The summed E-state index contributed by atoms with van der Waals surface area (Å²) in [6, 6.07) is 0. The fourth-order valence-corrected chi connectivity index (χ4v) is 6.79. The number of carbonyl (C=O) groups excluding carboxylic acids is 1. The molecular weight excluding hydrogens is 434 g/mol. The van der Waals surface area contributed by atoms with Crippen molar-refractivity contribution in [1.29, 1.82) is 0 Å². The first-order valence-electron chi connectivity index (χ1n) is 11.2. The Morgan fingerprint density at radius 3 is 2.71 bits per heavy atom. The number of aromatic carboxylic acids is 1. The van der Waals surface area contributed by atoms with Gasteiger partial charge in [-0.15, -0.1) is 11.3 Å². The molecule has 6 nitrogen and oxygen atoms in total. The monoisotopic (exact) mass is 467 g/mol. The van der Waals surface area contributed by atoms with Gasteiger partial charge in [-0.25, -0.2) is 9.78 Å². The first-order valence-corrected chi connectivity index (χ1v) is 13.1. The Hall–Kier alpha value is -1.38. The van der Waals surface area contributed by atoms with E-state index in [-0.39, 0.29) is 29.1 Å². The quantitative estimate of drug-likeness (QED) is 0.309. The summed E-state index contributed by atoms with van der Waals surface area (Å²) in [4.78, 5) is 27.4. The number of ketones is 1. The van der Waals surface area contributed by atoms with Crippen LogP contribution in [0.15, 0.2) is 21.6 Å². The molecule has 3 atom stereocenters. The number of thiazole rings is 1. The number of aromatic nitrogens is 1. The van der Waals surface area contributed by atoms with Gasteiger partial charge in [0.05, 0.1) is 11.4 Å². The maximum atomic E-state index is 12.4. The molecule has 0 bridgehead atoms. The maximum absolute atomic E-state index is 12.4. The van der Waals surface area contributed by atoms with Gasteiger partial charge in [-0.05, 0) is 44.6 Å². The molecule has 2 aliphatic carbocycles. The van der Waals surface area contributed by atoms with Crippen molar-refractivity contribution < 1.29 is 24.9 Å². The van der Waals surface area contributed by atoms with Crippen LogP contribution in [0, 0.1) is 17.8 Å². The van der Waals surface area contributed by atoms with Crippen LogP contribution in [0.25, 0.3) is 0 Å². The van der Waals surface area contributed by atoms with E-state index in [1.165, 1.54) is 60.6 Å². The van der Waals surface area contributed by atoms with Crippen molar-refractivity contribution in [3.05, 3.63) is 22.9 Å². The fourth-order valence-electron chi connectivity index (χ4n) is 4.89. The number of aliphatic hydroxyl groups is 2. The molecule has 1 aromatic heterocycles. The summed E-state index contributed by atoms with van der Waals surface area (Å²) in [6.07, 6.45) is 10.7. The van der Waals surface area contributed by atoms with Crippen LogP contribution in [0.1, 0.15) is 81.6 Å². The Morgan fingerprint density at radius 2 is 2.03 bits per heavy atom. The Morgan fingerprint density at radius 1 is 1.29 bits per heavy atom. The number of nitrogens with zero attached hydrogens (tertiary/aromatic N) is 1. The molecule has 0 aromatic carbocycles. The molecule has 0 saturated heterocycles. The summed E-state index contributed by atoms with van der Waals surface area (Å²) < 4.78 is 0.679. The van der Waals surface area contributed by atoms with E-state index in [1.54, 1.807) is 6.08 Å². The molecule has 1 heterocycles. The topological polar surface area (TPSA) is 108 Å². The third-order valence-electron chi connectivity index (χ3n) is 6.54. The number of rotatable bonds is 10. The normalized spacial score (nSPS) is 25.0. The minimum absolute atomic E-state index is 0.0446. The van der Waals surface area contributed by atoms with Crippen LogP contribution in [0.4, 0.5) is 0 Å². The fraction of sp³-hybridized carbons (Fsp3) is 0.696. The Bertz CT molecular complexity index is 798. The minimum Gasteiger partial charge on any atom is -0.512 e. The number of hydrogen-bond acceptors (Lipinski definition) is 7. The van der Waals surface area contributed by atoms with Crippen LogP contribution in [-0.2, 0) is 4.79 Å². The molecular formula is C23H33NO5S2. The Kier molecular flexibility index (Phi) is 8.58. The van der Waals surface area contributed by atoms with Crippen LogP contribution < -0.4 is 0 Å². The van der Waals surface area contributed by atoms with Gasteiger partial charge in [0.25, 0.3) is 0 Å². The molecule has 2 saturated carbocycles.